The zero-order valence-corrected chi connectivity index (χ0v) is 27.7. The van der Waals surface area contributed by atoms with Crippen LogP contribution in [0, 0.1) is 0 Å². The first-order chi connectivity index (χ1) is 25.1. The highest BCUT2D eigenvalue weighted by atomic mass is 16.1. The maximum absolute atomic E-state index is 14.4. The standard InChI is InChI=1S/C46H30N4O/c1-27-39-45-43(31-19-11-12-20-32(31)46(39)51)38-26-24-36(49-38)41(29-15-7-3-8-16-29)34-22-21-33(47-34)40(28-13-5-2-6-14-28)35-23-25-37(48-35)42(44(27)50-45)30-17-9-4-10-18-30/h2-26,48-49H,1H3. The second-order valence-corrected chi connectivity index (χ2v) is 13.1. The lowest BCUT2D eigenvalue weighted by atomic mass is 9.83. The number of aromatic amines is 2. The van der Waals surface area contributed by atoms with Gasteiger partial charge < -0.3 is 9.97 Å². The summed E-state index contributed by atoms with van der Waals surface area (Å²) in [5, 5.41) is 0. The van der Waals surface area contributed by atoms with Gasteiger partial charge in [-0.15, -0.1) is 0 Å². The summed E-state index contributed by atoms with van der Waals surface area (Å²) in [6.45, 7) is 2.03. The first kappa shape index (κ1) is 29.1. The number of rotatable bonds is 3. The van der Waals surface area contributed by atoms with E-state index in [0.29, 0.717) is 16.8 Å². The lowest BCUT2D eigenvalue weighted by molar-refractivity contribution is 0.105. The number of nitrogens with zero attached hydrogens (tertiary/aromatic N) is 2. The van der Waals surface area contributed by atoms with Gasteiger partial charge in [0.25, 0.3) is 0 Å². The molecule has 0 spiro atoms. The predicted molar refractivity (Wildman–Crippen MR) is 208 cm³/mol. The van der Waals surface area contributed by atoms with Gasteiger partial charge in [0.1, 0.15) is 0 Å². The molecule has 3 aliphatic rings. The summed E-state index contributed by atoms with van der Waals surface area (Å²) >= 11 is 0. The third-order valence-corrected chi connectivity index (χ3v) is 10.1. The van der Waals surface area contributed by atoms with E-state index in [1.54, 1.807) is 0 Å². The van der Waals surface area contributed by atoms with Crippen molar-refractivity contribution < 1.29 is 4.79 Å². The summed E-state index contributed by atoms with van der Waals surface area (Å²) in [5.41, 5.74) is 16.9. The van der Waals surface area contributed by atoms with Crippen LogP contribution in [0.15, 0.2) is 140 Å². The Balaban J connectivity index is 1.45. The summed E-state index contributed by atoms with van der Waals surface area (Å²) in [5.74, 6) is -0.00526. The molecule has 2 aliphatic heterocycles. The summed E-state index contributed by atoms with van der Waals surface area (Å²) in [4.78, 5) is 32.7. The van der Waals surface area contributed by atoms with Crippen LogP contribution in [-0.4, -0.2) is 25.7 Å². The summed E-state index contributed by atoms with van der Waals surface area (Å²) < 4.78 is 0. The number of Topliss-reactive ketones (excluding diaryl/α,β-unsaturated/α-hetero) is 1. The number of H-pyrrole nitrogens is 2. The van der Waals surface area contributed by atoms with Crippen LogP contribution in [0.3, 0.4) is 0 Å². The van der Waals surface area contributed by atoms with Crippen LogP contribution in [0.25, 0.3) is 89.9 Å². The molecular weight excluding hydrogens is 625 g/mol. The normalized spacial score (nSPS) is 13.1. The van der Waals surface area contributed by atoms with Gasteiger partial charge >= 0.3 is 0 Å². The van der Waals surface area contributed by atoms with Gasteiger partial charge in [-0.3, -0.25) is 4.79 Å². The van der Waals surface area contributed by atoms with Gasteiger partial charge in [-0.1, -0.05) is 115 Å². The molecule has 10 rings (SSSR count). The predicted octanol–water partition coefficient (Wildman–Crippen LogP) is 11.3. The number of ketones is 1. The highest BCUT2D eigenvalue weighted by molar-refractivity contribution is 6.40. The monoisotopic (exact) mass is 654 g/mol. The van der Waals surface area contributed by atoms with Crippen molar-refractivity contribution >= 4 is 51.1 Å². The number of carbonyl (C=O) groups is 1. The van der Waals surface area contributed by atoms with Crippen molar-refractivity contribution in [3.05, 3.63) is 168 Å². The Morgan fingerprint density at radius 2 is 0.863 bits per heavy atom. The van der Waals surface area contributed by atoms with Crippen molar-refractivity contribution in [3.8, 4) is 44.5 Å². The van der Waals surface area contributed by atoms with Crippen molar-refractivity contribution in [2.75, 3.05) is 0 Å². The Bertz CT molecular complexity index is 2800. The molecule has 7 aromatic rings. The summed E-state index contributed by atoms with van der Waals surface area (Å²) in [7, 11) is 0. The van der Waals surface area contributed by atoms with Crippen LogP contribution in [0.1, 0.15) is 40.1 Å². The second-order valence-electron chi connectivity index (χ2n) is 13.1. The van der Waals surface area contributed by atoms with Crippen molar-refractivity contribution in [1.29, 1.82) is 0 Å². The molecule has 5 heteroatoms. The van der Waals surface area contributed by atoms with Gasteiger partial charge in [-0.2, -0.15) is 0 Å². The third-order valence-electron chi connectivity index (χ3n) is 10.1. The average Bonchev–Trinajstić information content (AvgIpc) is 4.00. The van der Waals surface area contributed by atoms with E-state index < -0.39 is 0 Å². The molecule has 0 atom stereocenters. The Morgan fingerprint density at radius 1 is 0.431 bits per heavy atom. The minimum Gasteiger partial charge on any atom is -0.354 e. The van der Waals surface area contributed by atoms with Crippen LogP contribution in [0.4, 0.5) is 0 Å². The Labute approximate surface area is 294 Å². The molecule has 0 saturated carbocycles. The van der Waals surface area contributed by atoms with E-state index in [2.05, 4.69) is 107 Å². The number of hydrogen-bond donors (Lipinski definition) is 2. The number of aromatic nitrogens is 4. The van der Waals surface area contributed by atoms with Crippen LogP contribution in [0.5, 0.6) is 0 Å². The summed E-state index contributed by atoms with van der Waals surface area (Å²) in [6.07, 6.45) is 4.22. The Hall–Kier alpha value is -6.85. The third kappa shape index (κ3) is 4.52. The van der Waals surface area contributed by atoms with Crippen LogP contribution in [0.2, 0.25) is 0 Å². The SMILES string of the molecule is CC1=C2C(=O)c3ccccc3-c3c2nc1c(-c1ccccc1)c1ccc([nH]1)c(-c1ccccc1)c1nc(c(-c2ccccc2)c2ccc3[nH]2)C=C1. The fraction of sp³-hybridized carbons (Fsp3) is 0.0217. The molecule has 5 heterocycles. The zero-order chi connectivity index (χ0) is 34.1. The molecule has 5 nitrogen and oxygen atoms in total. The van der Waals surface area contributed by atoms with Crippen LogP contribution >= 0.6 is 0 Å². The number of fused-ring (bicyclic) bond motifs is 10. The molecule has 0 fully saturated rings. The molecule has 51 heavy (non-hydrogen) atoms. The molecule has 0 radical (unpaired) electrons. The van der Waals surface area contributed by atoms with Gasteiger partial charge in [0, 0.05) is 49.9 Å². The minimum atomic E-state index is -0.00526. The van der Waals surface area contributed by atoms with Gasteiger partial charge in [0.2, 0.25) is 0 Å². The first-order valence-electron chi connectivity index (χ1n) is 17.1. The first-order valence-corrected chi connectivity index (χ1v) is 17.1. The van der Waals surface area contributed by atoms with Gasteiger partial charge in [-0.05, 0) is 71.2 Å². The smallest absolute Gasteiger partial charge is 0.196 e. The van der Waals surface area contributed by atoms with Gasteiger partial charge in [-0.25, -0.2) is 9.97 Å². The lowest BCUT2D eigenvalue weighted by Gasteiger charge is -2.18. The fourth-order valence-electron chi connectivity index (χ4n) is 7.81. The van der Waals surface area contributed by atoms with E-state index in [1.165, 1.54) is 0 Å². The van der Waals surface area contributed by atoms with E-state index in [-0.39, 0.29) is 5.78 Å². The van der Waals surface area contributed by atoms with Crippen LogP contribution in [-0.2, 0) is 0 Å². The van der Waals surface area contributed by atoms with Crippen LogP contribution < -0.4 is 0 Å². The molecule has 4 aromatic carbocycles. The minimum absolute atomic E-state index is 0.00526. The highest BCUT2D eigenvalue weighted by Crippen LogP contribution is 2.47. The molecular formula is C46H30N4O. The second kappa shape index (κ2) is 11.4. The largest absolute Gasteiger partial charge is 0.354 e. The van der Waals surface area contributed by atoms with E-state index in [1.807, 2.05) is 61.5 Å². The number of benzene rings is 4. The van der Waals surface area contributed by atoms with Gasteiger partial charge in [0.15, 0.2) is 5.78 Å². The van der Waals surface area contributed by atoms with E-state index in [0.717, 1.165) is 89.2 Å². The Morgan fingerprint density at radius 3 is 1.39 bits per heavy atom. The number of carbonyl (C=O) groups excluding carboxylic acids is 1. The highest BCUT2D eigenvalue weighted by Gasteiger charge is 2.35. The van der Waals surface area contributed by atoms with Crippen molar-refractivity contribution in [2.45, 2.75) is 6.92 Å². The summed E-state index contributed by atoms with van der Waals surface area (Å²) in [6, 6.07) is 47.5. The molecule has 8 bridgehead atoms. The molecule has 0 saturated heterocycles. The molecule has 3 aromatic heterocycles. The van der Waals surface area contributed by atoms with Crippen molar-refractivity contribution in [2.24, 2.45) is 0 Å². The maximum atomic E-state index is 14.4. The number of allylic oxidation sites excluding steroid dienone is 2. The lowest BCUT2D eigenvalue weighted by Crippen LogP contribution is -2.11. The van der Waals surface area contributed by atoms with E-state index in [9.17, 15) is 4.79 Å². The average molecular weight is 655 g/mol. The fourth-order valence-corrected chi connectivity index (χ4v) is 7.81. The molecule has 240 valence electrons. The quantitative estimate of drug-likeness (QED) is 0.199. The zero-order valence-electron chi connectivity index (χ0n) is 27.7. The molecule has 1 aliphatic carbocycles. The van der Waals surface area contributed by atoms with Crippen molar-refractivity contribution in [3.63, 3.8) is 0 Å². The number of hydrogen-bond acceptors (Lipinski definition) is 3. The Kier molecular flexibility index (Phi) is 6.48. The van der Waals surface area contributed by atoms with Gasteiger partial charge in [0.05, 0.1) is 28.3 Å². The van der Waals surface area contributed by atoms with Crippen molar-refractivity contribution in [1.82, 2.24) is 19.9 Å². The van der Waals surface area contributed by atoms with E-state index >= 15 is 0 Å². The topological polar surface area (TPSA) is 74.4 Å². The molecule has 2 N–H and O–H groups in total. The maximum Gasteiger partial charge on any atom is 0.196 e. The molecule has 0 amide bonds. The molecule has 0 unspecified atom stereocenters. The van der Waals surface area contributed by atoms with E-state index in [4.69, 9.17) is 9.97 Å². The number of nitrogens with one attached hydrogen (secondary N) is 2.